The van der Waals surface area contributed by atoms with Crippen LogP contribution in [0.1, 0.15) is 17.3 Å². The molecule has 2 N–H and O–H groups in total. The third-order valence-corrected chi connectivity index (χ3v) is 3.81. The third-order valence-electron chi connectivity index (χ3n) is 3.81. The lowest BCUT2D eigenvalue weighted by molar-refractivity contribution is -0.114. The van der Waals surface area contributed by atoms with Crippen LogP contribution in [0.15, 0.2) is 48.5 Å². The smallest absolute Gasteiger partial charge is 0.253 e. The van der Waals surface area contributed by atoms with Gasteiger partial charge in [0.2, 0.25) is 5.91 Å². The van der Waals surface area contributed by atoms with Crippen molar-refractivity contribution in [1.29, 1.82) is 0 Å². The van der Waals surface area contributed by atoms with Gasteiger partial charge in [-0.25, -0.2) is 0 Å². The van der Waals surface area contributed by atoms with Crippen molar-refractivity contribution in [3.05, 3.63) is 54.1 Å². The first kappa shape index (κ1) is 21.2. The summed E-state index contributed by atoms with van der Waals surface area (Å²) < 4.78 is 10.8. The van der Waals surface area contributed by atoms with Gasteiger partial charge in [0.05, 0.1) is 13.2 Å². The summed E-state index contributed by atoms with van der Waals surface area (Å²) in [6, 6.07) is 14.2. The second-order valence-corrected chi connectivity index (χ2v) is 6.25. The van der Waals surface area contributed by atoms with E-state index >= 15 is 0 Å². The Morgan fingerprint density at radius 3 is 2.43 bits per heavy atom. The van der Waals surface area contributed by atoms with Gasteiger partial charge in [0, 0.05) is 37.6 Å². The average molecular weight is 385 g/mol. The van der Waals surface area contributed by atoms with E-state index in [0.29, 0.717) is 31.1 Å². The van der Waals surface area contributed by atoms with E-state index in [1.54, 1.807) is 38.4 Å². The van der Waals surface area contributed by atoms with E-state index < -0.39 is 0 Å². The third kappa shape index (κ3) is 6.92. The molecule has 0 unspecified atom stereocenters. The summed E-state index contributed by atoms with van der Waals surface area (Å²) in [7, 11) is 3.37. The fraction of sp³-hybridized carbons (Fsp3) is 0.333. The molecule has 7 nitrogen and oxygen atoms in total. The van der Waals surface area contributed by atoms with Crippen molar-refractivity contribution in [2.75, 3.05) is 51.1 Å². The number of carbonyl (C=O) groups is 2. The van der Waals surface area contributed by atoms with Crippen molar-refractivity contribution in [3.63, 3.8) is 0 Å². The molecular formula is C21H27N3O4. The van der Waals surface area contributed by atoms with Crippen LogP contribution < -0.4 is 15.4 Å². The summed E-state index contributed by atoms with van der Waals surface area (Å²) in [5.41, 5.74) is 1.91. The summed E-state index contributed by atoms with van der Waals surface area (Å²) in [6.07, 6.45) is 0. The number of ether oxygens (including phenoxy) is 2. The first-order valence-corrected chi connectivity index (χ1v) is 9.15. The van der Waals surface area contributed by atoms with Gasteiger partial charge in [-0.15, -0.1) is 0 Å². The molecule has 2 aromatic carbocycles. The van der Waals surface area contributed by atoms with Crippen LogP contribution in [0, 0.1) is 0 Å². The van der Waals surface area contributed by atoms with Gasteiger partial charge in [-0.3, -0.25) is 9.59 Å². The molecule has 28 heavy (non-hydrogen) atoms. The molecule has 0 aliphatic heterocycles. The largest absolute Gasteiger partial charge is 0.491 e. The lowest BCUT2D eigenvalue weighted by Gasteiger charge is -2.12. The number of hydrogen-bond donors (Lipinski definition) is 2. The fourth-order valence-corrected chi connectivity index (χ4v) is 2.41. The Morgan fingerprint density at radius 2 is 1.75 bits per heavy atom. The number of hydrogen-bond acceptors (Lipinski definition) is 5. The highest BCUT2D eigenvalue weighted by atomic mass is 16.5. The first-order chi connectivity index (χ1) is 13.5. The van der Waals surface area contributed by atoms with E-state index in [1.165, 1.54) is 4.90 Å². The van der Waals surface area contributed by atoms with Crippen LogP contribution in [0.5, 0.6) is 5.75 Å². The molecule has 0 saturated carbocycles. The SMILES string of the molecule is CCOCCOc1ccc(NCC(=O)Nc2cccc(C(=O)N(C)C)c2)cc1. The zero-order valence-corrected chi connectivity index (χ0v) is 16.5. The monoisotopic (exact) mass is 385 g/mol. The highest BCUT2D eigenvalue weighted by Crippen LogP contribution is 2.16. The number of anilines is 2. The molecule has 2 aromatic rings. The maximum absolute atomic E-state index is 12.2. The Morgan fingerprint density at radius 1 is 1.00 bits per heavy atom. The molecular weight excluding hydrogens is 358 g/mol. The molecule has 150 valence electrons. The minimum absolute atomic E-state index is 0.108. The lowest BCUT2D eigenvalue weighted by atomic mass is 10.2. The molecule has 0 aliphatic rings. The molecule has 0 heterocycles. The summed E-state index contributed by atoms with van der Waals surface area (Å²) >= 11 is 0. The number of nitrogens with zero attached hydrogens (tertiary/aromatic N) is 1. The molecule has 2 amide bonds. The Labute approximate surface area is 165 Å². The molecule has 0 spiro atoms. The summed E-state index contributed by atoms with van der Waals surface area (Å²) in [6.45, 7) is 3.77. The fourth-order valence-electron chi connectivity index (χ4n) is 2.41. The Kier molecular flexibility index (Phi) is 8.30. The topological polar surface area (TPSA) is 79.9 Å². The zero-order valence-electron chi connectivity index (χ0n) is 16.5. The van der Waals surface area contributed by atoms with Crippen LogP contribution >= 0.6 is 0 Å². The standard InChI is InChI=1S/C21H27N3O4/c1-4-27-12-13-28-19-10-8-17(9-11-19)22-15-20(25)23-18-7-5-6-16(14-18)21(26)24(2)3/h5-11,14,22H,4,12-13,15H2,1-3H3,(H,23,25). The summed E-state index contributed by atoms with van der Waals surface area (Å²) in [5, 5.41) is 5.84. The van der Waals surface area contributed by atoms with E-state index in [9.17, 15) is 9.59 Å². The van der Waals surface area contributed by atoms with E-state index in [4.69, 9.17) is 9.47 Å². The molecule has 0 aliphatic carbocycles. The van der Waals surface area contributed by atoms with E-state index in [1.807, 2.05) is 31.2 Å². The van der Waals surface area contributed by atoms with Crippen molar-refractivity contribution < 1.29 is 19.1 Å². The van der Waals surface area contributed by atoms with Crippen LogP contribution in [0.2, 0.25) is 0 Å². The summed E-state index contributed by atoms with van der Waals surface area (Å²) in [5.74, 6) is 0.432. The van der Waals surface area contributed by atoms with Gasteiger partial charge in [0.15, 0.2) is 0 Å². The van der Waals surface area contributed by atoms with Gasteiger partial charge in [-0.05, 0) is 49.4 Å². The van der Waals surface area contributed by atoms with Crippen LogP contribution in [0.3, 0.4) is 0 Å². The predicted molar refractivity (Wildman–Crippen MR) is 110 cm³/mol. The molecule has 0 aromatic heterocycles. The highest BCUT2D eigenvalue weighted by molar-refractivity contribution is 5.97. The molecule has 0 radical (unpaired) electrons. The van der Waals surface area contributed by atoms with Gasteiger partial charge >= 0.3 is 0 Å². The molecule has 0 fully saturated rings. The molecule has 0 bridgehead atoms. The number of benzene rings is 2. The normalized spacial score (nSPS) is 10.2. The average Bonchev–Trinajstić information content (AvgIpc) is 2.70. The number of rotatable bonds is 10. The van der Waals surface area contributed by atoms with E-state index in [2.05, 4.69) is 10.6 Å². The quantitative estimate of drug-likeness (QED) is 0.615. The highest BCUT2D eigenvalue weighted by Gasteiger charge is 2.09. The van der Waals surface area contributed by atoms with Gasteiger partial charge in [0.25, 0.3) is 5.91 Å². The second kappa shape index (κ2) is 10.9. The molecule has 0 saturated heterocycles. The lowest BCUT2D eigenvalue weighted by Crippen LogP contribution is -2.23. The van der Waals surface area contributed by atoms with Gasteiger partial charge in [-0.2, -0.15) is 0 Å². The van der Waals surface area contributed by atoms with E-state index in [0.717, 1.165) is 11.4 Å². The zero-order chi connectivity index (χ0) is 20.4. The first-order valence-electron chi connectivity index (χ1n) is 9.15. The van der Waals surface area contributed by atoms with E-state index in [-0.39, 0.29) is 18.4 Å². The minimum atomic E-state index is -0.202. The van der Waals surface area contributed by atoms with Gasteiger partial charge in [0.1, 0.15) is 12.4 Å². The number of carbonyl (C=O) groups excluding carboxylic acids is 2. The van der Waals surface area contributed by atoms with Gasteiger partial charge < -0.3 is 25.0 Å². The second-order valence-electron chi connectivity index (χ2n) is 6.25. The van der Waals surface area contributed by atoms with Crippen LogP contribution in [-0.2, 0) is 9.53 Å². The van der Waals surface area contributed by atoms with Crippen LogP contribution in [0.25, 0.3) is 0 Å². The number of nitrogens with one attached hydrogen (secondary N) is 2. The minimum Gasteiger partial charge on any atom is -0.491 e. The molecule has 2 rings (SSSR count). The molecule has 0 atom stereocenters. The molecule has 7 heteroatoms. The summed E-state index contributed by atoms with van der Waals surface area (Å²) in [4.78, 5) is 25.7. The van der Waals surface area contributed by atoms with Crippen LogP contribution in [-0.4, -0.2) is 57.2 Å². The van der Waals surface area contributed by atoms with Crippen LogP contribution in [0.4, 0.5) is 11.4 Å². The van der Waals surface area contributed by atoms with Crippen molar-refractivity contribution in [3.8, 4) is 5.75 Å². The number of amides is 2. The van der Waals surface area contributed by atoms with Crippen molar-refractivity contribution >= 4 is 23.2 Å². The maximum Gasteiger partial charge on any atom is 0.253 e. The Hall–Kier alpha value is -3.06. The van der Waals surface area contributed by atoms with Crippen molar-refractivity contribution in [2.45, 2.75) is 6.92 Å². The maximum atomic E-state index is 12.2. The Bertz CT molecular complexity index is 775. The predicted octanol–water partition coefficient (Wildman–Crippen LogP) is 2.85. The van der Waals surface area contributed by atoms with Crippen molar-refractivity contribution in [2.24, 2.45) is 0 Å². The van der Waals surface area contributed by atoms with Crippen molar-refractivity contribution in [1.82, 2.24) is 4.90 Å². The Balaban J connectivity index is 1.81. The van der Waals surface area contributed by atoms with Gasteiger partial charge in [-0.1, -0.05) is 6.07 Å².